The second kappa shape index (κ2) is 8.13. The van der Waals surface area contributed by atoms with Crippen LogP contribution < -0.4 is 5.32 Å². The Bertz CT molecular complexity index is 1050. The molecule has 0 atom stereocenters. The van der Waals surface area contributed by atoms with Crippen molar-refractivity contribution in [3.8, 4) is 11.1 Å². The molecule has 4 rings (SSSR count). The van der Waals surface area contributed by atoms with E-state index in [1.807, 2.05) is 31.2 Å². The van der Waals surface area contributed by atoms with Crippen LogP contribution in [-0.2, 0) is 9.53 Å². The summed E-state index contributed by atoms with van der Waals surface area (Å²) in [5.74, 6) is -0.203. The third-order valence-corrected chi connectivity index (χ3v) is 6.36. The highest BCUT2D eigenvalue weighted by Crippen LogP contribution is 2.49. The van der Waals surface area contributed by atoms with Crippen LogP contribution in [-0.4, -0.2) is 24.7 Å². The van der Waals surface area contributed by atoms with Gasteiger partial charge in [0.1, 0.15) is 0 Å². The molecule has 0 spiro atoms. The quantitative estimate of drug-likeness (QED) is 0.593. The maximum Gasteiger partial charge on any atom is 0.337 e. The average Bonchev–Trinajstić information content (AvgIpc) is 3.07. The number of rotatable bonds is 5. The molecule has 0 saturated heterocycles. The fourth-order valence-corrected chi connectivity index (χ4v) is 4.80. The van der Waals surface area contributed by atoms with Crippen molar-refractivity contribution < 1.29 is 14.3 Å². The number of ether oxygens (including phenoxy) is 1. The predicted octanol–water partition coefficient (Wildman–Crippen LogP) is 5.22. The van der Waals surface area contributed by atoms with Crippen LogP contribution in [0, 0.1) is 6.92 Å². The van der Waals surface area contributed by atoms with Gasteiger partial charge in [-0.2, -0.15) is 0 Å². The van der Waals surface area contributed by atoms with Gasteiger partial charge in [-0.1, -0.05) is 54.6 Å². The summed E-state index contributed by atoms with van der Waals surface area (Å²) in [6, 6.07) is 21.9. The molecule has 1 aliphatic carbocycles. The van der Waals surface area contributed by atoms with Crippen LogP contribution in [0.3, 0.4) is 0 Å². The van der Waals surface area contributed by atoms with Gasteiger partial charge in [0.25, 0.3) is 0 Å². The fraction of sp³-hybridized carbons (Fsp3) is 0.167. The number of nitrogens with one attached hydrogen (secondary N) is 1. The summed E-state index contributed by atoms with van der Waals surface area (Å²) in [6.45, 7) is 1.90. The molecule has 4 nitrogen and oxygen atoms in total. The van der Waals surface area contributed by atoms with Crippen LogP contribution in [0.2, 0.25) is 0 Å². The maximum absolute atomic E-state index is 12.6. The number of anilines is 1. The lowest BCUT2D eigenvalue weighted by atomic mass is 10.1. The topological polar surface area (TPSA) is 55.4 Å². The van der Waals surface area contributed by atoms with Gasteiger partial charge in [0, 0.05) is 5.69 Å². The molecule has 1 N–H and O–H groups in total. The molecular weight excluding hydrogens is 382 g/mol. The number of carbonyl (C=O) groups excluding carboxylic acids is 2. The van der Waals surface area contributed by atoms with E-state index in [2.05, 4.69) is 29.6 Å². The molecule has 5 heteroatoms. The summed E-state index contributed by atoms with van der Waals surface area (Å²) < 4.78 is 4.76. The molecule has 0 bridgehead atoms. The van der Waals surface area contributed by atoms with E-state index < -0.39 is 5.97 Å². The zero-order chi connectivity index (χ0) is 20.4. The predicted molar refractivity (Wildman–Crippen MR) is 117 cm³/mol. The summed E-state index contributed by atoms with van der Waals surface area (Å²) in [5.41, 5.74) is 6.91. The lowest BCUT2D eigenvalue weighted by Gasteiger charge is -2.14. The standard InChI is InChI=1S/C24H21NO3S/c1-15-11-12-16(24(27)28-2)13-21(15)25-22(26)14-29-23-19-9-5-3-7-17(19)18-8-4-6-10-20(18)23/h3-13,23H,14H2,1-2H3,(H,25,26). The second-order valence-corrected chi connectivity index (χ2v) is 8.03. The van der Waals surface area contributed by atoms with Crippen molar-refractivity contribution in [3.05, 3.63) is 89.0 Å². The summed E-state index contributed by atoms with van der Waals surface area (Å²) in [6.07, 6.45) is 0. The number of aryl methyl sites for hydroxylation is 1. The zero-order valence-electron chi connectivity index (χ0n) is 16.3. The van der Waals surface area contributed by atoms with Crippen molar-refractivity contribution in [3.63, 3.8) is 0 Å². The first-order valence-electron chi connectivity index (χ1n) is 9.37. The van der Waals surface area contributed by atoms with Gasteiger partial charge in [0.2, 0.25) is 5.91 Å². The molecule has 0 aliphatic heterocycles. The molecule has 146 valence electrons. The Morgan fingerprint density at radius 2 is 1.59 bits per heavy atom. The largest absolute Gasteiger partial charge is 0.465 e. The number of hydrogen-bond acceptors (Lipinski definition) is 4. The first-order chi connectivity index (χ1) is 14.1. The Balaban J connectivity index is 1.49. The number of benzene rings is 3. The number of methoxy groups -OCH3 is 1. The van der Waals surface area contributed by atoms with Crippen molar-refractivity contribution >= 4 is 29.3 Å². The Labute approximate surface area is 174 Å². The minimum Gasteiger partial charge on any atom is -0.465 e. The average molecular weight is 404 g/mol. The van der Waals surface area contributed by atoms with Crippen LogP contribution in [0.4, 0.5) is 5.69 Å². The summed E-state index contributed by atoms with van der Waals surface area (Å²) in [5, 5.41) is 3.07. The molecule has 0 unspecified atom stereocenters. The van der Waals surface area contributed by atoms with E-state index in [0.717, 1.165) is 5.56 Å². The number of carbonyl (C=O) groups is 2. The molecule has 1 aliphatic rings. The third-order valence-electron chi connectivity index (χ3n) is 5.09. The van der Waals surface area contributed by atoms with Crippen molar-refractivity contribution in [2.75, 3.05) is 18.2 Å². The first kappa shape index (κ1) is 19.3. The van der Waals surface area contributed by atoms with E-state index >= 15 is 0 Å². The summed E-state index contributed by atoms with van der Waals surface area (Å²) in [7, 11) is 1.34. The van der Waals surface area contributed by atoms with Gasteiger partial charge in [-0.3, -0.25) is 4.79 Å². The molecule has 29 heavy (non-hydrogen) atoms. The van der Waals surface area contributed by atoms with Gasteiger partial charge in [-0.25, -0.2) is 4.79 Å². The van der Waals surface area contributed by atoms with Crippen molar-refractivity contribution in [2.24, 2.45) is 0 Å². The Hall–Kier alpha value is -3.05. The molecule has 0 saturated carbocycles. The van der Waals surface area contributed by atoms with Crippen LogP contribution in [0.15, 0.2) is 66.7 Å². The van der Waals surface area contributed by atoms with Crippen molar-refractivity contribution in [1.82, 2.24) is 0 Å². The monoisotopic (exact) mass is 403 g/mol. The Morgan fingerprint density at radius 1 is 0.966 bits per heavy atom. The Kier molecular flexibility index (Phi) is 5.41. The van der Waals surface area contributed by atoms with Gasteiger partial charge in [0.05, 0.1) is 23.7 Å². The smallest absolute Gasteiger partial charge is 0.337 e. The van der Waals surface area contributed by atoms with E-state index in [-0.39, 0.29) is 11.2 Å². The maximum atomic E-state index is 12.6. The normalized spacial score (nSPS) is 12.2. The van der Waals surface area contributed by atoms with Crippen LogP contribution in [0.25, 0.3) is 11.1 Å². The third kappa shape index (κ3) is 3.78. The highest BCUT2D eigenvalue weighted by molar-refractivity contribution is 8.00. The lowest BCUT2D eigenvalue weighted by molar-refractivity contribution is -0.113. The highest BCUT2D eigenvalue weighted by atomic mass is 32.2. The number of esters is 1. The molecule has 0 fully saturated rings. The molecule has 1 amide bonds. The SMILES string of the molecule is COC(=O)c1ccc(C)c(NC(=O)CSC2c3ccccc3-c3ccccc32)c1. The van der Waals surface area contributed by atoms with E-state index in [0.29, 0.717) is 17.0 Å². The molecule has 0 aromatic heterocycles. The van der Waals surface area contributed by atoms with E-state index in [1.54, 1.807) is 30.0 Å². The molecule has 3 aromatic carbocycles. The van der Waals surface area contributed by atoms with Gasteiger partial charge in [0.15, 0.2) is 0 Å². The minimum absolute atomic E-state index is 0.0954. The summed E-state index contributed by atoms with van der Waals surface area (Å²) >= 11 is 1.61. The number of amides is 1. The van der Waals surface area contributed by atoms with Crippen LogP contribution >= 0.6 is 11.8 Å². The molecule has 3 aromatic rings. The van der Waals surface area contributed by atoms with Gasteiger partial charge in [-0.15, -0.1) is 11.8 Å². The van der Waals surface area contributed by atoms with Crippen LogP contribution in [0.1, 0.15) is 32.3 Å². The van der Waals surface area contributed by atoms with Crippen molar-refractivity contribution in [2.45, 2.75) is 12.2 Å². The van der Waals surface area contributed by atoms with Gasteiger partial charge in [-0.05, 0) is 46.9 Å². The van der Waals surface area contributed by atoms with Gasteiger partial charge >= 0.3 is 5.97 Å². The van der Waals surface area contributed by atoms with E-state index in [4.69, 9.17) is 4.74 Å². The van der Waals surface area contributed by atoms with Crippen molar-refractivity contribution in [1.29, 1.82) is 0 Å². The molecule has 0 heterocycles. The number of thioether (sulfide) groups is 1. The number of fused-ring (bicyclic) bond motifs is 3. The van der Waals surface area contributed by atoms with Crippen LogP contribution in [0.5, 0.6) is 0 Å². The number of hydrogen-bond donors (Lipinski definition) is 1. The van der Waals surface area contributed by atoms with E-state index in [9.17, 15) is 9.59 Å². The fourth-order valence-electron chi connectivity index (χ4n) is 3.64. The summed E-state index contributed by atoms with van der Waals surface area (Å²) in [4.78, 5) is 24.4. The lowest BCUT2D eigenvalue weighted by Crippen LogP contribution is -2.16. The molecular formula is C24H21NO3S. The first-order valence-corrected chi connectivity index (χ1v) is 10.4. The van der Waals surface area contributed by atoms with Gasteiger partial charge < -0.3 is 10.1 Å². The Morgan fingerprint density at radius 3 is 2.21 bits per heavy atom. The molecule has 0 radical (unpaired) electrons. The minimum atomic E-state index is -0.422. The highest BCUT2D eigenvalue weighted by Gasteiger charge is 2.28. The van der Waals surface area contributed by atoms with E-state index in [1.165, 1.54) is 29.4 Å². The zero-order valence-corrected chi connectivity index (χ0v) is 17.1. The second-order valence-electron chi connectivity index (χ2n) is 6.94.